The zero-order chi connectivity index (χ0) is 10.6. The molecule has 1 heterocycles. The van der Waals surface area contributed by atoms with E-state index in [1.165, 1.54) is 6.42 Å². The number of rotatable bonds is 2. The van der Waals surface area contributed by atoms with Crippen LogP contribution in [0.1, 0.15) is 33.1 Å². The van der Waals surface area contributed by atoms with Gasteiger partial charge in [-0.25, -0.2) is 4.79 Å². The van der Waals surface area contributed by atoms with Crippen molar-refractivity contribution in [2.24, 2.45) is 5.73 Å². The molecule has 0 radical (unpaired) electrons. The van der Waals surface area contributed by atoms with Crippen molar-refractivity contribution in [2.75, 3.05) is 13.1 Å². The average Bonchev–Trinajstić information content (AvgIpc) is 2.18. The van der Waals surface area contributed by atoms with Crippen LogP contribution in [0.2, 0.25) is 0 Å². The molecule has 0 spiro atoms. The topological polar surface area (TPSA) is 58.4 Å². The van der Waals surface area contributed by atoms with E-state index in [1.54, 1.807) is 0 Å². The van der Waals surface area contributed by atoms with E-state index in [9.17, 15) is 4.79 Å². The molecule has 1 fully saturated rings. The molecular weight excluding hydrogens is 178 g/mol. The third-order valence-corrected chi connectivity index (χ3v) is 2.75. The Kier molecular flexibility index (Phi) is 4.20. The van der Waals surface area contributed by atoms with Crippen LogP contribution in [0.5, 0.6) is 0 Å². The highest BCUT2D eigenvalue weighted by Gasteiger charge is 2.28. The Morgan fingerprint density at radius 2 is 2.36 bits per heavy atom. The van der Waals surface area contributed by atoms with E-state index >= 15 is 0 Å². The summed E-state index contributed by atoms with van der Waals surface area (Å²) in [6.45, 7) is 5.43. The molecule has 82 valence electrons. The van der Waals surface area contributed by atoms with Crippen LogP contribution in [0.25, 0.3) is 0 Å². The van der Waals surface area contributed by atoms with Crippen molar-refractivity contribution in [2.45, 2.75) is 45.2 Å². The van der Waals surface area contributed by atoms with Gasteiger partial charge in [-0.15, -0.1) is 0 Å². The van der Waals surface area contributed by atoms with Crippen molar-refractivity contribution >= 4 is 6.03 Å². The molecule has 2 amide bonds. The predicted molar refractivity (Wildman–Crippen MR) is 57.1 cm³/mol. The molecule has 0 aromatic heterocycles. The van der Waals surface area contributed by atoms with Gasteiger partial charge in [0.05, 0.1) is 0 Å². The van der Waals surface area contributed by atoms with Crippen LogP contribution in [-0.4, -0.2) is 36.1 Å². The summed E-state index contributed by atoms with van der Waals surface area (Å²) in [7, 11) is 0. The fourth-order valence-corrected chi connectivity index (χ4v) is 2.01. The van der Waals surface area contributed by atoms with Crippen LogP contribution < -0.4 is 11.1 Å². The summed E-state index contributed by atoms with van der Waals surface area (Å²) in [6.07, 6.45) is 3.32. The fourth-order valence-electron chi connectivity index (χ4n) is 2.01. The molecule has 1 rings (SSSR count). The molecule has 2 unspecified atom stereocenters. The summed E-state index contributed by atoms with van der Waals surface area (Å²) in [6, 6.07) is 0.322. The Hall–Kier alpha value is -0.770. The summed E-state index contributed by atoms with van der Waals surface area (Å²) >= 11 is 0. The lowest BCUT2D eigenvalue weighted by Gasteiger charge is -2.37. The number of likely N-dealkylation sites (tertiary alicyclic amines) is 1. The van der Waals surface area contributed by atoms with Crippen LogP contribution in [0.3, 0.4) is 0 Å². The van der Waals surface area contributed by atoms with Gasteiger partial charge in [0.15, 0.2) is 0 Å². The van der Waals surface area contributed by atoms with Gasteiger partial charge in [0.2, 0.25) is 0 Å². The Bertz CT molecular complexity index is 194. The van der Waals surface area contributed by atoms with Crippen LogP contribution >= 0.6 is 0 Å². The highest BCUT2D eigenvalue weighted by atomic mass is 16.2. The zero-order valence-electron chi connectivity index (χ0n) is 9.12. The third kappa shape index (κ3) is 2.61. The van der Waals surface area contributed by atoms with Crippen molar-refractivity contribution in [1.29, 1.82) is 0 Å². The summed E-state index contributed by atoms with van der Waals surface area (Å²) in [5.74, 6) is 0. The monoisotopic (exact) mass is 199 g/mol. The maximum atomic E-state index is 11.7. The molecule has 0 saturated carbocycles. The maximum absolute atomic E-state index is 11.7. The first-order valence-corrected chi connectivity index (χ1v) is 5.47. The van der Waals surface area contributed by atoms with Gasteiger partial charge in [0.1, 0.15) is 0 Å². The maximum Gasteiger partial charge on any atom is 0.317 e. The van der Waals surface area contributed by atoms with E-state index < -0.39 is 0 Å². The van der Waals surface area contributed by atoms with Crippen LogP contribution in [-0.2, 0) is 0 Å². The number of carbonyl (C=O) groups excluding carboxylic acids is 1. The second kappa shape index (κ2) is 5.20. The lowest BCUT2D eigenvalue weighted by molar-refractivity contribution is 0.141. The summed E-state index contributed by atoms with van der Waals surface area (Å²) in [4.78, 5) is 13.6. The van der Waals surface area contributed by atoms with E-state index in [4.69, 9.17) is 5.73 Å². The lowest BCUT2D eigenvalue weighted by atomic mass is 9.97. The van der Waals surface area contributed by atoms with Gasteiger partial charge >= 0.3 is 6.03 Å². The first-order valence-electron chi connectivity index (χ1n) is 5.47. The van der Waals surface area contributed by atoms with Crippen LogP contribution in [0.15, 0.2) is 0 Å². The number of amides is 2. The highest BCUT2D eigenvalue weighted by Crippen LogP contribution is 2.18. The number of piperidine rings is 1. The number of urea groups is 1. The Balaban J connectivity index is 2.57. The molecule has 0 bridgehead atoms. The quantitative estimate of drug-likeness (QED) is 0.694. The summed E-state index contributed by atoms with van der Waals surface area (Å²) in [5.41, 5.74) is 5.87. The van der Waals surface area contributed by atoms with E-state index in [1.807, 2.05) is 18.7 Å². The second-order valence-corrected chi connectivity index (χ2v) is 3.95. The van der Waals surface area contributed by atoms with Gasteiger partial charge in [0, 0.05) is 25.2 Å². The summed E-state index contributed by atoms with van der Waals surface area (Å²) < 4.78 is 0. The van der Waals surface area contributed by atoms with E-state index in [2.05, 4.69) is 5.32 Å². The van der Waals surface area contributed by atoms with Gasteiger partial charge in [-0.3, -0.25) is 0 Å². The standard InChI is InChI=1S/C10H21N3O/c1-3-12-10(14)13-7-5-4-6-9(13)8(2)11/h8-9H,3-7,11H2,1-2H3,(H,12,14). The molecular formula is C10H21N3O. The molecule has 0 aliphatic carbocycles. The molecule has 0 aromatic carbocycles. The van der Waals surface area contributed by atoms with Crippen molar-refractivity contribution < 1.29 is 4.79 Å². The molecule has 0 aromatic rings. The van der Waals surface area contributed by atoms with E-state index in [0.29, 0.717) is 6.54 Å². The predicted octanol–water partition coefficient (Wildman–Crippen LogP) is 0.918. The van der Waals surface area contributed by atoms with E-state index in [-0.39, 0.29) is 18.1 Å². The molecule has 1 aliphatic heterocycles. The average molecular weight is 199 g/mol. The Morgan fingerprint density at radius 3 is 2.93 bits per heavy atom. The SMILES string of the molecule is CCNC(=O)N1CCCCC1C(C)N. The molecule has 1 saturated heterocycles. The number of nitrogens with one attached hydrogen (secondary N) is 1. The normalized spacial score (nSPS) is 24.5. The van der Waals surface area contributed by atoms with Gasteiger partial charge in [-0.05, 0) is 33.1 Å². The molecule has 3 N–H and O–H groups in total. The highest BCUT2D eigenvalue weighted by molar-refractivity contribution is 5.74. The largest absolute Gasteiger partial charge is 0.338 e. The second-order valence-electron chi connectivity index (χ2n) is 3.95. The smallest absolute Gasteiger partial charge is 0.317 e. The number of hydrogen-bond donors (Lipinski definition) is 2. The van der Waals surface area contributed by atoms with Crippen molar-refractivity contribution in [3.63, 3.8) is 0 Å². The third-order valence-electron chi connectivity index (χ3n) is 2.75. The minimum absolute atomic E-state index is 0.0366. The number of nitrogens with zero attached hydrogens (tertiary/aromatic N) is 1. The van der Waals surface area contributed by atoms with Crippen LogP contribution in [0, 0.1) is 0 Å². The minimum Gasteiger partial charge on any atom is -0.338 e. The zero-order valence-corrected chi connectivity index (χ0v) is 9.12. The van der Waals surface area contributed by atoms with Crippen LogP contribution in [0.4, 0.5) is 4.79 Å². The van der Waals surface area contributed by atoms with Crippen molar-refractivity contribution in [1.82, 2.24) is 10.2 Å². The molecule has 14 heavy (non-hydrogen) atoms. The molecule has 4 heteroatoms. The Labute approximate surface area is 85.8 Å². The fraction of sp³-hybridized carbons (Fsp3) is 0.900. The first-order chi connectivity index (χ1) is 6.66. The number of hydrogen-bond acceptors (Lipinski definition) is 2. The van der Waals surface area contributed by atoms with Gasteiger partial charge in [-0.1, -0.05) is 0 Å². The minimum atomic E-state index is 0.0366. The lowest BCUT2D eigenvalue weighted by Crippen LogP contribution is -2.54. The van der Waals surface area contributed by atoms with E-state index in [0.717, 1.165) is 19.4 Å². The molecule has 2 atom stereocenters. The first kappa shape index (κ1) is 11.3. The van der Waals surface area contributed by atoms with Gasteiger partial charge in [0.25, 0.3) is 0 Å². The van der Waals surface area contributed by atoms with Crippen molar-refractivity contribution in [3.05, 3.63) is 0 Å². The molecule has 1 aliphatic rings. The molecule has 4 nitrogen and oxygen atoms in total. The number of carbonyl (C=O) groups is 1. The summed E-state index contributed by atoms with van der Waals surface area (Å²) in [5, 5.41) is 2.83. The Morgan fingerprint density at radius 1 is 1.64 bits per heavy atom. The number of nitrogens with two attached hydrogens (primary N) is 1. The van der Waals surface area contributed by atoms with Gasteiger partial charge in [-0.2, -0.15) is 0 Å². The van der Waals surface area contributed by atoms with Gasteiger partial charge < -0.3 is 16.0 Å². The van der Waals surface area contributed by atoms with Crippen molar-refractivity contribution in [3.8, 4) is 0 Å².